The number of benzene rings is 2. The van der Waals surface area contributed by atoms with Crippen LogP contribution in [0, 0.1) is 0 Å². The van der Waals surface area contributed by atoms with Crippen LogP contribution in [-0.4, -0.2) is 34.2 Å². The van der Waals surface area contributed by atoms with Gasteiger partial charge in [-0.1, -0.05) is 23.7 Å². The number of carbonyl (C=O) groups excluding carboxylic acids is 1. The van der Waals surface area contributed by atoms with E-state index >= 15 is 0 Å². The Hall–Kier alpha value is -2.86. The van der Waals surface area contributed by atoms with Crippen molar-refractivity contribution >= 4 is 17.5 Å². The van der Waals surface area contributed by atoms with Gasteiger partial charge < -0.3 is 14.1 Å². The van der Waals surface area contributed by atoms with Crippen LogP contribution in [-0.2, 0) is 6.54 Å². The average Bonchev–Trinajstić information content (AvgIpc) is 3.44. The van der Waals surface area contributed by atoms with E-state index in [9.17, 15) is 4.79 Å². The number of halogens is 1. The summed E-state index contributed by atoms with van der Waals surface area (Å²) in [6, 6.07) is 14.6. The standard InChI is InChI=1S/C20H18ClN3O3/c1-26-15-10-6-13(7-11-15)20(25)24(14-8-9-14)12-18-22-23-19(27-18)16-4-2-3-5-17(16)21/h2-7,10-11,14H,8-9,12H2,1H3. The molecule has 0 N–H and O–H groups in total. The fraction of sp³-hybridized carbons (Fsp3) is 0.250. The maximum atomic E-state index is 12.9. The smallest absolute Gasteiger partial charge is 0.254 e. The largest absolute Gasteiger partial charge is 0.497 e. The number of rotatable bonds is 6. The van der Waals surface area contributed by atoms with Gasteiger partial charge in [0.05, 0.1) is 24.2 Å². The molecule has 0 atom stereocenters. The molecule has 1 fully saturated rings. The topological polar surface area (TPSA) is 68.5 Å². The Morgan fingerprint density at radius 1 is 1.19 bits per heavy atom. The lowest BCUT2D eigenvalue weighted by Gasteiger charge is -2.20. The fourth-order valence-electron chi connectivity index (χ4n) is 2.86. The Morgan fingerprint density at radius 3 is 2.59 bits per heavy atom. The molecule has 0 saturated heterocycles. The third-order valence-electron chi connectivity index (χ3n) is 4.46. The van der Waals surface area contributed by atoms with E-state index in [1.165, 1.54) is 0 Å². The Bertz CT molecular complexity index is 951. The molecule has 1 aliphatic carbocycles. The summed E-state index contributed by atoms with van der Waals surface area (Å²) in [6.45, 7) is 0.271. The van der Waals surface area contributed by atoms with Crippen LogP contribution in [0.25, 0.3) is 11.5 Å². The summed E-state index contributed by atoms with van der Waals surface area (Å²) in [5, 5.41) is 8.72. The summed E-state index contributed by atoms with van der Waals surface area (Å²) in [4.78, 5) is 14.7. The predicted octanol–water partition coefficient (Wildman–Crippen LogP) is 4.20. The SMILES string of the molecule is COc1ccc(C(=O)N(Cc2nnc(-c3ccccc3Cl)o2)C2CC2)cc1. The summed E-state index contributed by atoms with van der Waals surface area (Å²) >= 11 is 6.19. The lowest BCUT2D eigenvalue weighted by Crippen LogP contribution is -2.32. The van der Waals surface area contributed by atoms with E-state index in [-0.39, 0.29) is 18.5 Å². The molecule has 0 unspecified atom stereocenters. The number of methoxy groups -OCH3 is 1. The van der Waals surface area contributed by atoms with Crippen molar-refractivity contribution in [3.63, 3.8) is 0 Å². The first-order chi connectivity index (χ1) is 13.2. The Kier molecular flexibility index (Phi) is 4.81. The molecular weight excluding hydrogens is 366 g/mol. The van der Waals surface area contributed by atoms with Crippen LogP contribution < -0.4 is 4.74 Å². The molecule has 7 heteroatoms. The molecule has 1 aromatic heterocycles. The Morgan fingerprint density at radius 2 is 1.93 bits per heavy atom. The maximum absolute atomic E-state index is 12.9. The third-order valence-corrected chi connectivity index (χ3v) is 4.79. The van der Waals surface area contributed by atoms with Crippen molar-refractivity contribution in [1.29, 1.82) is 0 Å². The van der Waals surface area contributed by atoms with Gasteiger partial charge in [0.1, 0.15) is 5.75 Å². The third kappa shape index (κ3) is 3.80. The quantitative estimate of drug-likeness (QED) is 0.638. The summed E-state index contributed by atoms with van der Waals surface area (Å²) in [5.74, 6) is 1.39. The van der Waals surface area contributed by atoms with Crippen LogP contribution in [0.15, 0.2) is 52.9 Å². The minimum Gasteiger partial charge on any atom is -0.497 e. The summed E-state index contributed by atoms with van der Waals surface area (Å²) < 4.78 is 10.9. The molecule has 138 valence electrons. The molecule has 0 radical (unpaired) electrons. The molecule has 3 aromatic rings. The zero-order valence-corrected chi connectivity index (χ0v) is 15.5. The molecule has 6 nitrogen and oxygen atoms in total. The van der Waals surface area contributed by atoms with Gasteiger partial charge in [-0.3, -0.25) is 4.79 Å². The predicted molar refractivity (Wildman–Crippen MR) is 101 cm³/mol. The monoisotopic (exact) mass is 383 g/mol. The van der Waals surface area contributed by atoms with Crippen molar-refractivity contribution in [2.75, 3.05) is 7.11 Å². The van der Waals surface area contributed by atoms with E-state index in [1.54, 1.807) is 42.3 Å². The number of hydrogen-bond donors (Lipinski definition) is 0. The summed E-state index contributed by atoms with van der Waals surface area (Å²) in [6.07, 6.45) is 1.96. The number of nitrogens with zero attached hydrogens (tertiary/aromatic N) is 3. The minimum atomic E-state index is -0.0577. The molecular formula is C20H18ClN3O3. The number of aromatic nitrogens is 2. The van der Waals surface area contributed by atoms with Gasteiger partial charge in [-0.25, -0.2) is 0 Å². The number of amides is 1. The van der Waals surface area contributed by atoms with Gasteiger partial charge >= 0.3 is 0 Å². The van der Waals surface area contributed by atoms with Crippen LogP contribution in [0.4, 0.5) is 0 Å². The molecule has 1 saturated carbocycles. The van der Waals surface area contributed by atoms with Crippen molar-refractivity contribution in [2.24, 2.45) is 0 Å². The normalized spacial score (nSPS) is 13.4. The van der Waals surface area contributed by atoms with Gasteiger partial charge in [0.25, 0.3) is 5.91 Å². The fourth-order valence-corrected chi connectivity index (χ4v) is 3.08. The van der Waals surface area contributed by atoms with Gasteiger partial charge in [0, 0.05) is 11.6 Å². The van der Waals surface area contributed by atoms with Crippen LogP contribution in [0.2, 0.25) is 5.02 Å². The van der Waals surface area contributed by atoms with E-state index in [0.29, 0.717) is 33.7 Å². The molecule has 0 aliphatic heterocycles. The molecule has 0 spiro atoms. The van der Waals surface area contributed by atoms with Crippen molar-refractivity contribution < 1.29 is 13.9 Å². The summed E-state index contributed by atoms with van der Waals surface area (Å²) in [5.41, 5.74) is 1.28. The maximum Gasteiger partial charge on any atom is 0.254 e. The number of hydrogen-bond acceptors (Lipinski definition) is 5. The van der Waals surface area contributed by atoms with Crippen LogP contribution in [0.5, 0.6) is 5.75 Å². The highest BCUT2D eigenvalue weighted by Gasteiger charge is 2.34. The van der Waals surface area contributed by atoms with Crippen molar-refractivity contribution in [2.45, 2.75) is 25.4 Å². The highest BCUT2D eigenvalue weighted by atomic mass is 35.5. The lowest BCUT2D eigenvalue weighted by molar-refractivity contribution is 0.0714. The van der Waals surface area contributed by atoms with Crippen LogP contribution >= 0.6 is 11.6 Å². The lowest BCUT2D eigenvalue weighted by atomic mass is 10.2. The molecule has 2 aromatic carbocycles. The molecule has 0 bridgehead atoms. The first-order valence-corrected chi connectivity index (χ1v) is 9.06. The van der Waals surface area contributed by atoms with Gasteiger partial charge in [-0.05, 0) is 49.2 Å². The molecule has 4 rings (SSSR count). The highest BCUT2D eigenvalue weighted by molar-refractivity contribution is 6.33. The average molecular weight is 384 g/mol. The molecule has 1 amide bonds. The van der Waals surface area contributed by atoms with E-state index < -0.39 is 0 Å². The minimum absolute atomic E-state index is 0.0577. The summed E-state index contributed by atoms with van der Waals surface area (Å²) in [7, 11) is 1.60. The second-order valence-corrected chi connectivity index (χ2v) is 6.78. The Balaban J connectivity index is 1.54. The van der Waals surface area contributed by atoms with Gasteiger partial charge in [0.15, 0.2) is 0 Å². The molecule has 1 aliphatic rings. The van der Waals surface area contributed by atoms with Gasteiger partial charge in [-0.2, -0.15) is 0 Å². The second kappa shape index (κ2) is 7.40. The van der Waals surface area contributed by atoms with Crippen molar-refractivity contribution in [3.8, 4) is 17.2 Å². The number of ether oxygens (including phenoxy) is 1. The highest BCUT2D eigenvalue weighted by Crippen LogP contribution is 2.31. The van der Waals surface area contributed by atoms with Crippen LogP contribution in [0.1, 0.15) is 29.1 Å². The number of carbonyl (C=O) groups is 1. The first-order valence-electron chi connectivity index (χ1n) is 8.68. The van der Waals surface area contributed by atoms with Crippen LogP contribution in [0.3, 0.4) is 0 Å². The second-order valence-electron chi connectivity index (χ2n) is 6.37. The van der Waals surface area contributed by atoms with E-state index in [1.807, 2.05) is 18.2 Å². The first kappa shape index (κ1) is 17.5. The molecule has 1 heterocycles. The Labute approximate surface area is 161 Å². The zero-order valence-electron chi connectivity index (χ0n) is 14.8. The zero-order chi connectivity index (χ0) is 18.8. The molecule has 27 heavy (non-hydrogen) atoms. The van der Waals surface area contributed by atoms with Gasteiger partial charge in [-0.15, -0.1) is 10.2 Å². The van der Waals surface area contributed by atoms with Crippen molar-refractivity contribution in [3.05, 3.63) is 65.0 Å². The van der Waals surface area contributed by atoms with E-state index in [0.717, 1.165) is 12.8 Å². The van der Waals surface area contributed by atoms with E-state index in [4.69, 9.17) is 20.8 Å². The van der Waals surface area contributed by atoms with E-state index in [2.05, 4.69) is 10.2 Å². The van der Waals surface area contributed by atoms with Crippen molar-refractivity contribution in [1.82, 2.24) is 15.1 Å². The van der Waals surface area contributed by atoms with Gasteiger partial charge in [0.2, 0.25) is 11.8 Å².